The molecule has 4 rings (SSSR count). The fourth-order valence-corrected chi connectivity index (χ4v) is 2.26. The number of hydrogen-bond acceptors (Lipinski definition) is 4. The van der Waals surface area contributed by atoms with E-state index in [0.717, 1.165) is 16.6 Å². The molecule has 0 N–H and O–H groups in total. The van der Waals surface area contributed by atoms with E-state index < -0.39 is 0 Å². The Kier molecular flexibility index (Phi) is 3.20. The molecule has 5 nitrogen and oxygen atoms in total. The minimum Gasteiger partial charge on any atom is -0.424 e. The molecular formula is C17H11FN4O. The van der Waals surface area contributed by atoms with Gasteiger partial charge in [0, 0.05) is 36.4 Å². The molecule has 6 heteroatoms. The summed E-state index contributed by atoms with van der Waals surface area (Å²) in [6.07, 6.45) is 6.96. The maximum absolute atomic E-state index is 13.1. The summed E-state index contributed by atoms with van der Waals surface area (Å²) in [6.45, 7) is 0. The summed E-state index contributed by atoms with van der Waals surface area (Å²) < 4.78 is 20.3. The van der Waals surface area contributed by atoms with Gasteiger partial charge in [-0.2, -0.15) is 5.10 Å². The summed E-state index contributed by atoms with van der Waals surface area (Å²) in [5.41, 5.74) is 2.83. The molecule has 4 aromatic rings. The third kappa shape index (κ3) is 2.74. The highest BCUT2D eigenvalue weighted by molar-refractivity contribution is 5.67. The van der Waals surface area contributed by atoms with Crippen LogP contribution in [-0.4, -0.2) is 19.6 Å². The number of aromatic nitrogens is 4. The van der Waals surface area contributed by atoms with Gasteiger partial charge in [-0.3, -0.25) is 0 Å². The molecule has 0 unspecified atom stereocenters. The third-order valence-electron chi connectivity index (χ3n) is 3.37. The smallest absolute Gasteiger partial charge is 0.321 e. The van der Waals surface area contributed by atoms with Crippen LogP contribution < -0.4 is 4.74 Å². The first-order valence-corrected chi connectivity index (χ1v) is 6.97. The highest BCUT2D eigenvalue weighted by Crippen LogP contribution is 2.22. The van der Waals surface area contributed by atoms with E-state index in [9.17, 15) is 4.39 Å². The topological polar surface area (TPSA) is 52.3 Å². The Morgan fingerprint density at radius 1 is 0.957 bits per heavy atom. The standard InChI is InChI=1S/C17H11FN4O/c18-14-2-1-3-16(9-14)23-17-19-10-13(11-20-17)12-5-7-22-15(8-12)4-6-21-22/h1-11H. The predicted molar refractivity (Wildman–Crippen MR) is 82.7 cm³/mol. The Morgan fingerprint density at radius 2 is 1.83 bits per heavy atom. The van der Waals surface area contributed by atoms with Gasteiger partial charge in [0.15, 0.2) is 0 Å². The molecule has 0 saturated heterocycles. The zero-order valence-electron chi connectivity index (χ0n) is 11.9. The van der Waals surface area contributed by atoms with Crippen LogP contribution in [0.15, 0.2) is 67.3 Å². The molecule has 0 saturated carbocycles. The number of fused-ring (bicyclic) bond motifs is 1. The third-order valence-corrected chi connectivity index (χ3v) is 3.37. The van der Waals surface area contributed by atoms with Crippen LogP contribution in [-0.2, 0) is 0 Å². The minimum atomic E-state index is -0.367. The van der Waals surface area contributed by atoms with Crippen LogP contribution in [0.1, 0.15) is 0 Å². The summed E-state index contributed by atoms with van der Waals surface area (Å²) >= 11 is 0. The monoisotopic (exact) mass is 306 g/mol. The van der Waals surface area contributed by atoms with E-state index in [-0.39, 0.29) is 11.8 Å². The Bertz CT molecular complexity index is 966. The Hall–Kier alpha value is -3.28. The summed E-state index contributed by atoms with van der Waals surface area (Å²) in [6, 6.07) is 11.9. The molecule has 0 bridgehead atoms. The largest absolute Gasteiger partial charge is 0.424 e. The highest BCUT2D eigenvalue weighted by atomic mass is 19.1. The maximum Gasteiger partial charge on any atom is 0.321 e. The normalized spacial score (nSPS) is 10.8. The average Bonchev–Trinajstić information content (AvgIpc) is 3.03. The second-order valence-electron chi connectivity index (χ2n) is 4.93. The second-order valence-corrected chi connectivity index (χ2v) is 4.93. The number of ether oxygens (including phenoxy) is 1. The molecule has 0 spiro atoms. The molecular weight excluding hydrogens is 295 g/mol. The zero-order chi connectivity index (χ0) is 15.6. The average molecular weight is 306 g/mol. The van der Waals surface area contributed by atoms with Crippen LogP contribution in [0, 0.1) is 5.82 Å². The van der Waals surface area contributed by atoms with Gasteiger partial charge in [-0.25, -0.2) is 18.9 Å². The van der Waals surface area contributed by atoms with Crippen LogP contribution in [0.5, 0.6) is 11.8 Å². The molecule has 23 heavy (non-hydrogen) atoms. The molecule has 112 valence electrons. The van der Waals surface area contributed by atoms with Crippen molar-refractivity contribution in [1.82, 2.24) is 19.6 Å². The maximum atomic E-state index is 13.1. The van der Waals surface area contributed by atoms with Crippen molar-refractivity contribution < 1.29 is 9.13 Å². The van der Waals surface area contributed by atoms with E-state index in [1.165, 1.54) is 12.1 Å². The van der Waals surface area contributed by atoms with E-state index in [4.69, 9.17) is 4.74 Å². The molecule has 0 atom stereocenters. The molecule has 1 aromatic carbocycles. The summed E-state index contributed by atoms with van der Waals surface area (Å²) in [4.78, 5) is 8.34. The number of nitrogens with zero attached hydrogens (tertiary/aromatic N) is 4. The van der Waals surface area contributed by atoms with Gasteiger partial charge in [0.1, 0.15) is 11.6 Å². The molecule has 3 heterocycles. The number of benzene rings is 1. The second kappa shape index (κ2) is 5.49. The summed E-state index contributed by atoms with van der Waals surface area (Å²) in [5.74, 6) is -0.00772. The van der Waals surface area contributed by atoms with Gasteiger partial charge in [0.2, 0.25) is 0 Å². The van der Waals surface area contributed by atoms with Gasteiger partial charge in [0.05, 0.1) is 5.52 Å². The van der Waals surface area contributed by atoms with Crippen LogP contribution in [0.4, 0.5) is 4.39 Å². The zero-order valence-corrected chi connectivity index (χ0v) is 11.9. The van der Waals surface area contributed by atoms with Crippen molar-refractivity contribution in [1.29, 1.82) is 0 Å². The van der Waals surface area contributed by atoms with Gasteiger partial charge in [-0.15, -0.1) is 0 Å². The molecule has 0 amide bonds. The highest BCUT2D eigenvalue weighted by Gasteiger charge is 2.05. The van der Waals surface area contributed by atoms with E-state index >= 15 is 0 Å². The van der Waals surface area contributed by atoms with Crippen molar-refractivity contribution in [2.45, 2.75) is 0 Å². The van der Waals surface area contributed by atoms with Gasteiger partial charge in [0.25, 0.3) is 0 Å². The lowest BCUT2D eigenvalue weighted by Gasteiger charge is -2.05. The first-order valence-electron chi connectivity index (χ1n) is 6.97. The molecule has 0 radical (unpaired) electrons. The number of hydrogen-bond donors (Lipinski definition) is 0. The van der Waals surface area contributed by atoms with Crippen molar-refractivity contribution in [3.05, 3.63) is 73.1 Å². The Labute approximate surface area is 131 Å². The first kappa shape index (κ1) is 13.4. The van der Waals surface area contributed by atoms with E-state index in [0.29, 0.717) is 5.75 Å². The number of pyridine rings is 1. The van der Waals surface area contributed by atoms with E-state index in [2.05, 4.69) is 15.1 Å². The lowest BCUT2D eigenvalue weighted by Crippen LogP contribution is -1.93. The Morgan fingerprint density at radius 3 is 2.65 bits per heavy atom. The molecule has 3 aromatic heterocycles. The van der Waals surface area contributed by atoms with Crippen LogP contribution in [0.25, 0.3) is 16.6 Å². The predicted octanol–water partition coefficient (Wildman–Crippen LogP) is 3.72. The quantitative estimate of drug-likeness (QED) is 0.579. The van der Waals surface area contributed by atoms with Gasteiger partial charge >= 0.3 is 6.01 Å². The number of rotatable bonds is 3. The SMILES string of the molecule is Fc1cccc(Oc2ncc(-c3ccn4nccc4c3)cn2)c1. The fraction of sp³-hybridized carbons (Fsp3) is 0. The van der Waals surface area contributed by atoms with Gasteiger partial charge in [-0.05, 0) is 35.9 Å². The van der Waals surface area contributed by atoms with Gasteiger partial charge < -0.3 is 4.74 Å². The van der Waals surface area contributed by atoms with Crippen LogP contribution in [0.2, 0.25) is 0 Å². The number of halogens is 1. The minimum absolute atomic E-state index is 0.171. The van der Waals surface area contributed by atoms with Crippen molar-refractivity contribution >= 4 is 5.52 Å². The van der Waals surface area contributed by atoms with Crippen molar-refractivity contribution in [2.24, 2.45) is 0 Å². The first-order chi connectivity index (χ1) is 11.3. The fourth-order valence-electron chi connectivity index (χ4n) is 2.26. The van der Waals surface area contributed by atoms with Crippen LogP contribution in [0.3, 0.4) is 0 Å². The van der Waals surface area contributed by atoms with E-state index in [1.54, 1.807) is 35.2 Å². The van der Waals surface area contributed by atoms with E-state index in [1.807, 2.05) is 24.4 Å². The lowest BCUT2D eigenvalue weighted by molar-refractivity contribution is 0.438. The van der Waals surface area contributed by atoms with Crippen molar-refractivity contribution in [3.63, 3.8) is 0 Å². The lowest BCUT2D eigenvalue weighted by atomic mass is 10.1. The molecule has 0 fully saturated rings. The molecule has 0 aliphatic carbocycles. The van der Waals surface area contributed by atoms with Crippen molar-refractivity contribution in [2.75, 3.05) is 0 Å². The molecule has 0 aliphatic rings. The summed E-state index contributed by atoms with van der Waals surface area (Å²) in [5, 5.41) is 4.16. The van der Waals surface area contributed by atoms with Crippen molar-refractivity contribution in [3.8, 4) is 22.9 Å². The van der Waals surface area contributed by atoms with Crippen LogP contribution >= 0.6 is 0 Å². The molecule has 0 aliphatic heterocycles. The Balaban J connectivity index is 1.59. The summed E-state index contributed by atoms with van der Waals surface area (Å²) in [7, 11) is 0. The van der Waals surface area contributed by atoms with Gasteiger partial charge in [-0.1, -0.05) is 6.07 Å².